The van der Waals surface area contributed by atoms with Crippen molar-refractivity contribution in [2.75, 3.05) is 6.54 Å². The van der Waals surface area contributed by atoms with Crippen molar-refractivity contribution in [1.82, 2.24) is 5.32 Å². The maximum Gasteiger partial charge on any atom is 0.126 e. The highest BCUT2D eigenvalue weighted by atomic mass is 19.1. The van der Waals surface area contributed by atoms with E-state index < -0.39 is 0 Å². The Hall–Kier alpha value is -0.890. The van der Waals surface area contributed by atoms with Gasteiger partial charge >= 0.3 is 0 Å². The zero-order valence-electron chi connectivity index (χ0n) is 13.8. The minimum absolute atomic E-state index is 0.0947. The predicted octanol–water partition coefficient (Wildman–Crippen LogP) is 5.39. The van der Waals surface area contributed by atoms with Gasteiger partial charge in [0.25, 0.3) is 0 Å². The molecule has 0 aliphatic heterocycles. The van der Waals surface area contributed by atoms with Crippen LogP contribution in [0.1, 0.15) is 69.5 Å². The third-order valence-corrected chi connectivity index (χ3v) is 5.10. The van der Waals surface area contributed by atoms with Crippen LogP contribution >= 0.6 is 0 Å². The lowest BCUT2D eigenvalue weighted by atomic mass is 9.76. The van der Waals surface area contributed by atoms with Gasteiger partial charge < -0.3 is 5.32 Å². The number of rotatable bonds is 6. The first-order valence-corrected chi connectivity index (χ1v) is 8.65. The summed E-state index contributed by atoms with van der Waals surface area (Å²) < 4.78 is 13.5. The van der Waals surface area contributed by atoms with Gasteiger partial charge in [0, 0.05) is 6.04 Å². The minimum Gasteiger partial charge on any atom is -0.310 e. The molecule has 0 spiro atoms. The maximum atomic E-state index is 13.5. The van der Waals surface area contributed by atoms with Crippen molar-refractivity contribution in [3.8, 4) is 0 Å². The number of hydrogen-bond donors (Lipinski definition) is 1. The Morgan fingerprint density at radius 1 is 1.19 bits per heavy atom. The van der Waals surface area contributed by atoms with E-state index in [4.69, 9.17) is 0 Å². The van der Waals surface area contributed by atoms with E-state index in [9.17, 15) is 4.39 Å². The average Bonchev–Trinajstić information content (AvgIpc) is 2.51. The first-order chi connectivity index (χ1) is 10.2. The van der Waals surface area contributed by atoms with Crippen molar-refractivity contribution in [3.05, 3.63) is 35.1 Å². The molecule has 0 radical (unpaired) electrons. The molecule has 1 nitrogen and oxygen atoms in total. The van der Waals surface area contributed by atoms with Gasteiger partial charge in [0.1, 0.15) is 5.82 Å². The van der Waals surface area contributed by atoms with Crippen LogP contribution < -0.4 is 5.32 Å². The smallest absolute Gasteiger partial charge is 0.126 e. The van der Waals surface area contributed by atoms with Crippen LogP contribution in [-0.2, 0) is 0 Å². The van der Waals surface area contributed by atoms with Gasteiger partial charge in [-0.15, -0.1) is 0 Å². The second-order valence-corrected chi connectivity index (χ2v) is 6.63. The number of halogens is 1. The molecule has 118 valence electrons. The fourth-order valence-electron chi connectivity index (χ4n) is 3.65. The van der Waals surface area contributed by atoms with E-state index in [-0.39, 0.29) is 5.82 Å². The second-order valence-electron chi connectivity index (χ2n) is 6.63. The van der Waals surface area contributed by atoms with Crippen molar-refractivity contribution in [1.29, 1.82) is 0 Å². The topological polar surface area (TPSA) is 12.0 Å². The zero-order valence-corrected chi connectivity index (χ0v) is 13.8. The third-order valence-electron chi connectivity index (χ3n) is 5.10. The SMILES string of the molecule is CCCNC(c1ccc(F)c(C)c1)C1CCC(CC)CC1. The summed E-state index contributed by atoms with van der Waals surface area (Å²) in [6.45, 7) is 7.41. The molecule has 1 aliphatic rings. The van der Waals surface area contributed by atoms with E-state index in [2.05, 4.69) is 19.2 Å². The van der Waals surface area contributed by atoms with E-state index in [0.29, 0.717) is 12.0 Å². The van der Waals surface area contributed by atoms with Crippen molar-refractivity contribution in [2.24, 2.45) is 11.8 Å². The summed E-state index contributed by atoms with van der Waals surface area (Å²) in [5, 5.41) is 3.71. The Bertz CT molecular complexity index is 435. The Morgan fingerprint density at radius 2 is 1.90 bits per heavy atom. The summed E-state index contributed by atoms with van der Waals surface area (Å²) in [7, 11) is 0. The van der Waals surface area contributed by atoms with Crippen LogP contribution in [0.4, 0.5) is 4.39 Å². The largest absolute Gasteiger partial charge is 0.310 e. The summed E-state index contributed by atoms with van der Waals surface area (Å²) >= 11 is 0. The summed E-state index contributed by atoms with van der Waals surface area (Å²) in [4.78, 5) is 0. The third kappa shape index (κ3) is 4.29. The van der Waals surface area contributed by atoms with Crippen LogP contribution in [0.25, 0.3) is 0 Å². The summed E-state index contributed by atoms with van der Waals surface area (Å²) in [6.07, 6.45) is 7.76. The molecule has 0 bridgehead atoms. The fraction of sp³-hybridized carbons (Fsp3) is 0.684. The second kappa shape index (κ2) is 7.93. The molecule has 1 fully saturated rings. The van der Waals surface area contributed by atoms with Crippen LogP contribution in [0.3, 0.4) is 0 Å². The Kier molecular flexibility index (Phi) is 6.22. The fourth-order valence-corrected chi connectivity index (χ4v) is 3.65. The van der Waals surface area contributed by atoms with Gasteiger partial charge in [0.05, 0.1) is 0 Å². The van der Waals surface area contributed by atoms with Gasteiger partial charge in [-0.25, -0.2) is 4.39 Å². The highest BCUT2D eigenvalue weighted by Gasteiger charge is 2.27. The molecule has 1 aromatic rings. The van der Waals surface area contributed by atoms with Crippen LogP contribution in [0, 0.1) is 24.6 Å². The Morgan fingerprint density at radius 3 is 2.48 bits per heavy atom. The highest BCUT2D eigenvalue weighted by molar-refractivity contribution is 5.27. The normalized spacial score (nSPS) is 24.0. The average molecular weight is 291 g/mol. The Balaban J connectivity index is 2.12. The van der Waals surface area contributed by atoms with Gasteiger partial charge in [-0.3, -0.25) is 0 Å². The number of hydrogen-bond acceptors (Lipinski definition) is 1. The van der Waals surface area contributed by atoms with Gasteiger partial charge in [0.15, 0.2) is 0 Å². The van der Waals surface area contributed by atoms with Crippen molar-refractivity contribution in [2.45, 2.75) is 65.3 Å². The summed E-state index contributed by atoms with van der Waals surface area (Å²) in [5.74, 6) is 1.52. The number of aryl methyl sites for hydroxylation is 1. The van der Waals surface area contributed by atoms with Crippen LogP contribution in [-0.4, -0.2) is 6.54 Å². The molecule has 21 heavy (non-hydrogen) atoms. The van der Waals surface area contributed by atoms with Gasteiger partial charge in [0.2, 0.25) is 0 Å². The molecule has 1 atom stereocenters. The molecule has 1 N–H and O–H groups in total. The zero-order chi connectivity index (χ0) is 15.2. The minimum atomic E-state index is -0.0947. The maximum absolute atomic E-state index is 13.5. The molecule has 2 rings (SSSR count). The molecule has 1 saturated carbocycles. The van der Waals surface area contributed by atoms with Crippen molar-refractivity contribution < 1.29 is 4.39 Å². The Labute approximate surface area is 129 Å². The standard InChI is InChI=1S/C19H30FN/c1-4-12-21-19(16-8-6-15(5-2)7-9-16)17-10-11-18(20)14(3)13-17/h10-11,13,15-16,19,21H,4-9,12H2,1-3H3. The lowest BCUT2D eigenvalue weighted by Crippen LogP contribution is -2.31. The van der Waals surface area contributed by atoms with Crippen molar-refractivity contribution in [3.63, 3.8) is 0 Å². The number of nitrogens with one attached hydrogen (secondary N) is 1. The molecule has 0 amide bonds. The molecule has 1 aliphatic carbocycles. The molecule has 1 aromatic carbocycles. The van der Waals surface area contributed by atoms with E-state index in [1.165, 1.54) is 37.7 Å². The van der Waals surface area contributed by atoms with Crippen molar-refractivity contribution >= 4 is 0 Å². The molecule has 1 unspecified atom stereocenters. The molecular formula is C19H30FN. The lowest BCUT2D eigenvalue weighted by molar-refractivity contribution is 0.218. The predicted molar refractivity (Wildman–Crippen MR) is 87.9 cm³/mol. The molecule has 2 heteroatoms. The first-order valence-electron chi connectivity index (χ1n) is 8.65. The molecular weight excluding hydrogens is 261 g/mol. The quantitative estimate of drug-likeness (QED) is 0.741. The number of benzene rings is 1. The van der Waals surface area contributed by atoms with Gasteiger partial charge in [-0.1, -0.05) is 45.2 Å². The van der Waals surface area contributed by atoms with Crippen LogP contribution in [0.5, 0.6) is 0 Å². The highest BCUT2D eigenvalue weighted by Crippen LogP contribution is 2.38. The monoisotopic (exact) mass is 291 g/mol. The first kappa shape index (κ1) is 16.5. The lowest BCUT2D eigenvalue weighted by Gasteiger charge is -2.34. The van der Waals surface area contributed by atoms with E-state index in [1.807, 2.05) is 19.1 Å². The molecule has 0 heterocycles. The summed E-state index contributed by atoms with van der Waals surface area (Å²) in [6, 6.07) is 6.03. The van der Waals surface area contributed by atoms with Gasteiger partial charge in [-0.2, -0.15) is 0 Å². The van der Waals surface area contributed by atoms with E-state index >= 15 is 0 Å². The van der Waals surface area contributed by atoms with E-state index in [0.717, 1.165) is 24.4 Å². The van der Waals surface area contributed by atoms with Crippen LogP contribution in [0.2, 0.25) is 0 Å². The van der Waals surface area contributed by atoms with Crippen LogP contribution in [0.15, 0.2) is 18.2 Å². The molecule has 0 saturated heterocycles. The van der Waals surface area contributed by atoms with E-state index in [1.54, 1.807) is 6.07 Å². The van der Waals surface area contributed by atoms with Gasteiger partial charge in [-0.05, 0) is 61.8 Å². The molecule has 0 aromatic heterocycles. The summed E-state index contributed by atoms with van der Waals surface area (Å²) in [5.41, 5.74) is 2.03.